The summed E-state index contributed by atoms with van der Waals surface area (Å²) >= 11 is 0. The first-order valence-corrected chi connectivity index (χ1v) is 9.34. The lowest BCUT2D eigenvalue weighted by Crippen LogP contribution is -2.00. The number of aryl methyl sites for hydroxylation is 2. The highest BCUT2D eigenvalue weighted by molar-refractivity contribution is 5.88. The lowest BCUT2D eigenvalue weighted by atomic mass is 10.0. The van der Waals surface area contributed by atoms with Crippen LogP contribution in [0.3, 0.4) is 0 Å². The molecule has 4 heteroatoms. The highest BCUT2D eigenvalue weighted by Crippen LogP contribution is 2.36. The van der Waals surface area contributed by atoms with E-state index in [4.69, 9.17) is 5.11 Å². The predicted octanol–water partition coefficient (Wildman–Crippen LogP) is 5.11. The molecule has 0 unspecified atom stereocenters. The molecule has 1 aliphatic rings. The van der Waals surface area contributed by atoms with Crippen LogP contribution in [-0.4, -0.2) is 20.0 Å². The van der Waals surface area contributed by atoms with Gasteiger partial charge in [-0.25, -0.2) is 4.79 Å². The Hall–Kier alpha value is -3.27. The quantitative estimate of drug-likeness (QED) is 0.554. The number of carbonyl (C=O) groups is 1. The van der Waals surface area contributed by atoms with Crippen LogP contribution in [0.5, 0.6) is 0 Å². The van der Waals surface area contributed by atoms with Crippen LogP contribution in [-0.2, 0) is 13.0 Å². The number of carboxylic acids is 1. The molecule has 4 nitrogen and oxygen atoms in total. The molecule has 1 aliphatic heterocycles. The number of imidazole rings is 1. The third kappa shape index (κ3) is 2.56. The third-order valence-electron chi connectivity index (χ3n) is 5.49. The summed E-state index contributed by atoms with van der Waals surface area (Å²) in [4.78, 5) is 11.1. The molecule has 4 aromatic rings. The van der Waals surface area contributed by atoms with E-state index in [2.05, 4.69) is 51.7 Å². The monoisotopic (exact) mass is 356 g/mol. The van der Waals surface area contributed by atoms with Gasteiger partial charge in [-0.05, 0) is 42.5 Å². The highest BCUT2D eigenvalue weighted by atomic mass is 16.4. The summed E-state index contributed by atoms with van der Waals surface area (Å²) in [7, 11) is 0. The minimum Gasteiger partial charge on any atom is -0.478 e. The summed E-state index contributed by atoms with van der Waals surface area (Å²) in [5.74, 6) is -0.891. The van der Waals surface area contributed by atoms with Crippen molar-refractivity contribution >= 4 is 11.6 Å². The van der Waals surface area contributed by atoms with E-state index in [1.807, 2.05) is 12.1 Å². The SMILES string of the molecule is O=C(O)c1ccc(-c2cn3cc(-c4ccccc4)c4c3n2CCCC4)cc1. The van der Waals surface area contributed by atoms with Gasteiger partial charge in [0.15, 0.2) is 0 Å². The zero-order chi connectivity index (χ0) is 18.4. The van der Waals surface area contributed by atoms with Gasteiger partial charge in [0.1, 0.15) is 5.65 Å². The molecule has 0 fully saturated rings. The van der Waals surface area contributed by atoms with Crippen LogP contribution in [0.1, 0.15) is 28.8 Å². The zero-order valence-corrected chi connectivity index (χ0v) is 14.9. The Labute approximate surface area is 157 Å². The first-order valence-electron chi connectivity index (χ1n) is 9.34. The van der Waals surface area contributed by atoms with Crippen molar-refractivity contribution in [3.05, 3.63) is 78.1 Å². The Bertz CT molecular complexity index is 1130. The first kappa shape index (κ1) is 15.9. The van der Waals surface area contributed by atoms with E-state index in [0.29, 0.717) is 5.56 Å². The number of benzene rings is 2. The number of nitrogens with zero attached hydrogens (tertiary/aromatic N) is 2. The van der Waals surface area contributed by atoms with Crippen LogP contribution in [0.15, 0.2) is 67.0 Å². The maximum absolute atomic E-state index is 11.1. The molecule has 1 N–H and O–H groups in total. The molecule has 0 spiro atoms. The molecule has 0 atom stereocenters. The Morgan fingerprint density at radius 1 is 0.889 bits per heavy atom. The fourth-order valence-corrected chi connectivity index (χ4v) is 4.20. The minimum absolute atomic E-state index is 0.319. The summed E-state index contributed by atoms with van der Waals surface area (Å²) < 4.78 is 4.63. The number of hydrogen-bond donors (Lipinski definition) is 1. The normalized spacial score (nSPS) is 13.6. The maximum atomic E-state index is 11.1. The van der Waals surface area contributed by atoms with Crippen LogP contribution in [0.2, 0.25) is 0 Å². The molecule has 5 rings (SSSR count). The number of rotatable bonds is 3. The van der Waals surface area contributed by atoms with Gasteiger partial charge in [-0.15, -0.1) is 0 Å². The van der Waals surface area contributed by atoms with Crippen LogP contribution in [0.4, 0.5) is 0 Å². The van der Waals surface area contributed by atoms with E-state index in [9.17, 15) is 4.79 Å². The van der Waals surface area contributed by atoms with E-state index in [-0.39, 0.29) is 0 Å². The molecule has 0 saturated heterocycles. The summed E-state index contributed by atoms with van der Waals surface area (Å²) in [6, 6.07) is 17.7. The van der Waals surface area contributed by atoms with Crippen molar-refractivity contribution in [1.29, 1.82) is 0 Å². The van der Waals surface area contributed by atoms with Crippen molar-refractivity contribution in [1.82, 2.24) is 8.97 Å². The summed E-state index contributed by atoms with van der Waals surface area (Å²) in [6.45, 7) is 0.984. The fourth-order valence-electron chi connectivity index (χ4n) is 4.20. The van der Waals surface area contributed by atoms with Crippen LogP contribution in [0.25, 0.3) is 28.0 Å². The van der Waals surface area contributed by atoms with Gasteiger partial charge in [-0.1, -0.05) is 42.5 Å². The number of aromatic carboxylic acids is 1. The Balaban J connectivity index is 1.69. The van der Waals surface area contributed by atoms with E-state index in [1.165, 1.54) is 28.8 Å². The molecule has 0 radical (unpaired) electrons. The molecular weight excluding hydrogens is 336 g/mol. The summed E-state index contributed by atoms with van der Waals surface area (Å²) in [5, 5.41) is 9.14. The lowest BCUT2D eigenvalue weighted by Gasteiger charge is -2.08. The Kier molecular flexibility index (Phi) is 3.64. The van der Waals surface area contributed by atoms with Gasteiger partial charge in [0, 0.05) is 30.1 Å². The number of hydrogen-bond acceptors (Lipinski definition) is 1. The Morgan fingerprint density at radius 2 is 1.67 bits per heavy atom. The molecule has 0 saturated carbocycles. The maximum Gasteiger partial charge on any atom is 0.335 e. The van der Waals surface area contributed by atoms with Gasteiger partial charge in [-0.3, -0.25) is 0 Å². The van der Waals surface area contributed by atoms with E-state index in [1.54, 1.807) is 12.1 Å². The van der Waals surface area contributed by atoms with Gasteiger partial charge in [-0.2, -0.15) is 0 Å². The van der Waals surface area contributed by atoms with Crippen LogP contribution in [0, 0.1) is 0 Å². The third-order valence-corrected chi connectivity index (χ3v) is 5.49. The average Bonchev–Trinajstić information content (AvgIpc) is 3.13. The van der Waals surface area contributed by atoms with Gasteiger partial charge in [0.2, 0.25) is 0 Å². The second kappa shape index (κ2) is 6.16. The molecular formula is C23H20N2O2. The molecule has 2 aromatic carbocycles. The average molecular weight is 356 g/mol. The Morgan fingerprint density at radius 3 is 2.41 bits per heavy atom. The molecule has 3 heterocycles. The second-order valence-corrected chi connectivity index (χ2v) is 7.12. The fraction of sp³-hybridized carbons (Fsp3) is 0.174. The number of aromatic nitrogens is 2. The first-order chi connectivity index (χ1) is 13.2. The van der Waals surface area contributed by atoms with E-state index in [0.717, 1.165) is 30.6 Å². The zero-order valence-electron chi connectivity index (χ0n) is 14.9. The predicted molar refractivity (Wildman–Crippen MR) is 106 cm³/mol. The van der Waals surface area contributed by atoms with Gasteiger partial charge < -0.3 is 14.1 Å². The standard InChI is InChI=1S/C23H20N2O2/c26-23(27)18-11-9-17(10-12-18)21-15-24-14-20(16-6-2-1-3-7-16)19-8-4-5-13-25(21)22(19)24/h1-3,6-7,9-12,14-15H,4-5,8,13H2,(H,26,27). The van der Waals surface area contributed by atoms with E-state index < -0.39 is 5.97 Å². The molecule has 0 amide bonds. The van der Waals surface area contributed by atoms with Crippen LogP contribution >= 0.6 is 0 Å². The summed E-state index contributed by atoms with van der Waals surface area (Å²) in [5.41, 5.74) is 7.77. The highest BCUT2D eigenvalue weighted by Gasteiger charge is 2.21. The molecule has 0 bridgehead atoms. The second-order valence-electron chi connectivity index (χ2n) is 7.12. The largest absolute Gasteiger partial charge is 0.478 e. The molecule has 2 aromatic heterocycles. The van der Waals surface area contributed by atoms with Crippen molar-refractivity contribution in [2.24, 2.45) is 0 Å². The van der Waals surface area contributed by atoms with E-state index >= 15 is 0 Å². The smallest absolute Gasteiger partial charge is 0.335 e. The van der Waals surface area contributed by atoms with Crippen molar-refractivity contribution in [3.8, 4) is 22.4 Å². The lowest BCUT2D eigenvalue weighted by molar-refractivity contribution is 0.0697. The molecule has 134 valence electrons. The summed E-state index contributed by atoms with van der Waals surface area (Å²) in [6.07, 6.45) is 7.82. The minimum atomic E-state index is -0.891. The van der Waals surface area contributed by atoms with Gasteiger partial charge >= 0.3 is 5.97 Å². The topological polar surface area (TPSA) is 46.6 Å². The van der Waals surface area contributed by atoms with Crippen molar-refractivity contribution < 1.29 is 9.90 Å². The van der Waals surface area contributed by atoms with Crippen molar-refractivity contribution in [2.45, 2.75) is 25.8 Å². The van der Waals surface area contributed by atoms with Crippen LogP contribution < -0.4 is 0 Å². The van der Waals surface area contributed by atoms with Gasteiger partial charge in [0.25, 0.3) is 0 Å². The molecule has 27 heavy (non-hydrogen) atoms. The van der Waals surface area contributed by atoms with Crippen molar-refractivity contribution in [2.75, 3.05) is 0 Å². The molecule has 0 aliphatic carbocycles. The van der Waals surface area contributed by atoms with Crippen molar-refractivity contribution in [3.63, 3.8) is 0 Å². The number of carboxylic acid groups (broad SMARTS) is 1. The van der Waals surface area contributed by atoms with Gasteiger partial charge in [0.05, 0.1) is 11.3 Å².